The number of nitrogens with one attached hydrogen (secondary N) is 1. The van der Waals surface area contributed by atoms with Gasteiger partial charge in [-0.3, -0.25) is 4.79 Å². The molecule has 0 saturated heterocycles. The second-order valence-corrected chi connectivity index (χ2v) is 4.58. The molecule has 0 heterocycles. The SMILES string of the molecule is CCC(C)CC(=O)Nc1ccc(C)cc1C. The highest BCUT2D eigenvalue weighted by molar-refractivity contribution is 5.91. The van der Waals surface area contributed by atoms with E-state index in [-0.39, 0.29) is 5.91 Å². The Morgan fingerprint density at radius 1 is 1.38 bits per heavy atom. The Morgan fingerprint density at radius 2 is 2.06 bits per heavy atom. The summed E-state index contributed by atoms with van der Waals surface area (Å²) < 4.78 is 0. The van der Waals surface area contributed by atoms with Crippen LogP contribution in [-0.4, -0.2) is 5.91 Å². The summed E-state index contributed by atoms with van der Waals surface area (Å²) >= 11 is 0. The van der Waals surface area contributed by atoms with Crippen molar-refractivity contribution in [2.75, 3.05) is 5.32 Å². The minimum absolute atomic E-state index is 0.112. The van der Waals surface area contributed by atoms with Gasteiger partial charge in [0.05, 0.1) is 0 Å². The van der Waals surface area contributed by atoms with E-state index in [9.17, 15) is 4.79 Å². The fourth-order valence-electron chi connectivity index (χ4n) is 1.62. The van der Waals surface area contributed by atoms with E-state index in [1.54, 1.807) is 0 Å². The summed E-state index contributed by atoms with van der Waals surface area (Å²) in [6, 6.07) is 6.07. The third kappa shape index (κ3) is 3.69. The van der Waals surface area contributed by atoms with E-state index < -0.39 is 0 Å². The summed E-state index contributed by atoms with van der Waals surface area (Å²) in [7, 11) is 0. The zero-order valence-electron chi connectivity index (χ0n) is 10.6. The number of benzene rings is 1. The highest BCUT2D eigenvalue weighted by atomic mass is 16.1. The Balaban J connectivity index is 2.63. The lowest BCUT2D eigenvalue weighted by molar-refractivity contribution is -0.117. The molecule has 0 aliphatic heterocycles. The first kappa shape index (κ1) is 12.8. The van der Waals surface area contributed by atoms with Crippen molar-refractivity contribution >= 4 is 11.6 Å². The predicted molar refractivity (Wildman–Crippen MR) is 68.6 cm³/mol. The molecule has 0 fully saturated rings. The molecule has 1 amide bonds. The molecule has 1 aromatic carbocycles. The molecule has 1 atom stereocenters. The third-order valence-electron chi connectivity index (χ3n) is 2.89. The minimum Gasteiger partial charge on any atom is -0.326 e. The van der Waals surface area contributed by atoms with Crippen LogP contribution in [0.25, 0.3) is 0 Å². The minimum atomic E-state index is 0.112. The number of rotatable bonds is 4. The van der Waals surface area contributed by atoms with Gasteiger partial charge >= 0.3 is 0 Å². The van der Waals surface area contributed by atoms with Crippen molar-refractivity contribution in [1.29, 1.82) is 0 Å². The zero-order valence-corrected chi connectivity index (χ0v) is 10.6. The van der Waals surface area contributed by atoms with Gasteiger partial charge in [-0.15, -0.1) is 0 Å². The molecule has 0 saturated carbocycles. The van der Waals surface area contributed by atoms with Crippen LogP contribution in [0.2, 0.25) is 0 Å². The monoisotopic (exact) mass is 219 g/mol. The normalized spacial score (nSPS) is 12.2. The van der Waals surface area contributed by atoms with E-state index >= 15 is 0 Å². The summed E-state index contributed by atoms with van der Waals surface area (Å²) in [5, 5.41) is 2.96. The predicted octanol–water partition coefficient (Wildman–Crippen LogP) is 3.68. The van der Waals surface area contributed by atoms with Crippen molar-refractivity contribution in [2.24, 2.45) is 5.92 Å². The van der Waals surface area contributed by atoms with Crippen molar-refractivity contribution in [2.45, 2.75) is 40.5 Å². The average Bonchev–Trinajstić information content (AvgIpc) is 2.22. The summed E-state index contributed by atoms with van der Waals surface area (Å²) in [6.45, 7) is 8.28. The summed E-state index contributed by atoms with van der Waals surface area (Å²) in [5.41, 5.74) is 3.27. The molecule has 1 unspecified atom stereocenters. The molecular formula is C14H21NO. The summed E-state index contributed by atoms with van der Waals surface area (Å²) in [5.74, 6) is 0.562. The van der Waals surface area contributed by atoms with Crippen molar-refractivity contribution in [3.8, 4) is 0 Å². The van der Waals surface area contributed by atoms with Crippen molar-refractivity contribution < 1.29 is 4.79 Å². The van der Waals surface area contributed by atoms with Crippen molar-refractivity contribution in [3.05, 3.63) is 29.3 Å². The molecule has 0 aromatic heterocycles. The van der Waals surface area contributed by atoms with Crippen LogP contribution < -0.4 is 5.32 Å². The van der Waals surface area contributed by atoms with Gasteiger partial charge in [-0.05, 0) is 31.4 Å². The Kier molecular flexibility index (Phi) is 4.53. The van der Waals surface area contributed by atoms with Gasteiger partial charge in [0.2, 0.25) is 5.91 Å². The van der Waals surface area contributed by atoms with Gasteiger partial charge in [0.15, 0.2) is 0 Å². The standard InChI is InChI=1S/C14H21NO/c1-5-10(2)9-14(16)15-13-7-6-11(3)8-12(13)4/h6-8,10H,5,9H2,1-4H3,(H,15,16). The van der Waals surface area contributed by atoms with Crippen LogP contribution in [0.3, 0.4) is 0 Å². The number of amides is 1. The van der Waals surface area contributed by atoms with Gasteiger partial charge in [-0.25, -0.2) is 0 Å². The molecule has 1 aromatic rings. The molecule has 1 rings (SSSR count). The van der Waals surface area contributed by atoms with Gasteiger partial charge < -0.3 is 5.32 Å². The van der Waals surface area contributed by atoms with Crippen molar-refractivity contribution in [1.82, 2.24) is 0 Å². The van der Waals surface area contributed by atoms with E-state index in [1.807, 2.05) is 19.1 Å². The zero-order chi connectivity index (χ0) is 12.1. The van der Waals surface area contributed by atoms with Crippen LogP contribution in [0, 0.1) is 19.8 Å². The molecule has 2 heteroatoms. The number of anilines is 1. The van der Waals surface area contributed by atoms with Crippen molar-refractivity contribution in [3.63, 3.8) is 0 Å². The highest BCUT2D eigenvalue weighted by Crippen LogP contribution is 2.17. The molecule has 16 heavy (non-hydrogen) atoms. The molecule has 0 aliphatic rings. The Labute approximate surface area is 98.1 Å². The quantitative estimate of drug-likeness (QED) is 0.822. The fraction of sp³-hybridized carbons (Fsp3) is 0.500. The van der Waals surface area contributed by atoms with Crippen LogP contribution in [0.5, 0.6) is 0 Å². The lowest BCUT2D eigenvalue weighted by atomic mass is 10.0. The van der Waals surface area contributed by atoms with Gasteiger partial charge in [0.25, 0.3) is 0 Å². The van der Waals surface area contributed by atoms with Crippen LogP contribution in [0.1, 0.15) is 37.8 Å². The molecule has 88 valence electrons. The number of aryl methyl sites for hydroxylation is 2. The highest BCUT2D eigenvalue weighted by Gasteiger charge is 2.08. The maximum absolute atomic E-state index is 11.7. The molecule has 0 aliphatic carbocycles. The van der Waals surface area contributed by atoms with Crippen LogP contribution in [0.15, 0.2) is 18.2 Å². The third-order valence-corrected chi connectivity index (χ3v) is 2.89. The fourth-order valence-corrected chi connectivity index (χ4v) is 1.62. The van der Waals surface area contributed by atoms with E-state index in [0.717, 1.165) is 17.7 Å². The van der Waals surface area contributed by atoms with Gasteiger partial charge in [0, 0.05) is 12.1 Å². The molecule has 0 bridgehead atoms. The van der Waals surface area contributed by atoms with E-state index in [4.69, 9.17) is 0 Å². The number of hydrogen-bond donors (Lipinski definition) is 1. The van der Waals surface area contributed by atoms with Crippen LogP contribution in [0.4, 0.5) is 5.69 Å². The molecule has 0 radical (unpaired) electrons. The molecule has 0 spiro atoms. The summed E-state index contributed by atoms with van der Waals surface area (Å²) in [6.07, 6.45) is 1.64. The van der Waals surface area contributed by atoms with E-state index in [1.165, 1.54) is 5.56 Å². The Bertz CT molecular complexity index is 371. The molecule has 2 nitrogen and oxygen atoms in total. The smallest absolute Gasteiger partial charge is 0.224 e. The number of carbonyl (C=O) groups is 1. The maximum Gasteiger partial charge on any atom is 0.224 e. The lowest BCUT2D eigenvalue weighted by Crippen LogP contribution is -2.15. The first-order chi connectivity index (χ1) is 7.52. The van der Waals surface area contributed by atoms with Crippen LogP contribution in [-0.2, 0) is 4.79 Å². The summed E-state index contributed by atoms with van der Waals surface area (Å²) in [4.78, 5) is 11.7. The van der Waals surface area contributed by atoms with E-state index in [2.05, 4.69) is 32.2 Å². The van der Waals surface area contributed by atoms with Gasteiger partial charge in [0.1, 0.15) is 0 Å². The van der Waals surface area contributed by atoms with Gasteiger partial charge in [-0.2, -0.15) is 0 Å². The van der Waals surface area contributed by atoms with E-state index in [0.29, 0.717) is 12.3 Å². The maximum atomic E-state index is 11.7. The largest absolute Gasteiger partial charge is 0.326 e. The number of carbonyl (C=O) groups excluding carboxylic acids is 1. The Morgan fingerprint density at radius 3 is 2.62 bits per heavy atom. The second kappa shape index (κ2) is 5.69. The number of hydrogen-bond acceptors (Lipinski definition) is 1. The first-order valence-corrected chi connectivity index (χ1v) is 5.90. The topological polar surface area (TPSA) is 29.1 Å². The second-order valence-electron chi connectivity index (χ2n) is 4.58. The van der Waals surface area contributed by atoms with Crippen LogP contribution >= 0.6 is 0 Å². The molecular weight excluding hydrogens is 198 g/mol. The first-order valence-electron chi connectivity index (χ1n) is 5.90. The van der Waals surface area contributed by atoms with Gasteiger partial charge in [-0.1, -0.05) is 38.0 Å². The average molecular weight is 219 g/mol. The lowest BCUT2D eigenvalue weighted by Gasteiger charge is -2.11. The molecule has 1 N–H and O–H groups in total. The Hall–Kier alpha value is -1.31.